The Hall–Kier alpha value is -3.25. The molecular weight excluding hydrogens is 382 g/mol. The molecule has 0 saturated heterocycles. The number of rotatable bonds is 3. The van der Waals surface area contributed by atoms with Gasteiger partial charge in [-0.05, 0) is 36.8 Å². The SMILES string of the molecule is CCOC(=O)C1=C(N)Oc2c(c(=O)oc3ccccc23)C1c1cccc(Cl)c1. The molecule has 4 rings (SSSR count). The maximum absolute atomic E-state index is 12.9. The third-order valence-electron chi connectivity index (χ3n) is 4.53. The van der Waals surface area contributed by atoms with Crippen LogP contribution in [0.25, 0.3) is 11.0 Å². The molecule has 0 amide bonds. The van der Waals surface area contributed by atoms with Gasteiger partial charge >= 0.3 is 11.6 Å². The monoisotopic (exact) mass is 397 g/mol. The maximum Gasteiger partial charge on any atom is 0.344 e. The number of carbonyl (C=O) groups is 1. The van der Waals surface area contributed by atoms with Crippen LogP contribution in [0.2, 0.25) is 5.02 Å². The predicted molar refractivity (Wildman–Crippen MR) is 104 cm³/mol. The molecule has 0 fully saturated rings. The smallest absolute Gasteiger partial charge is 0.344 e. The number of esters is 1. The fourth-order valence-corrected chi connectivity index (χ4v) is 3.59. The van der Waals surface area contributed by atoms with E-state index in [4.69, 9.17) is 31.2 Å². The lowest BCUT2D eigenvalue weighted by Gasteiger charge is -2.28. The number of fused-ring (bicyclic) bond motifs is 3. The minimum atomic E-state index is -0.831. The zero-order valence-corrected chi connectivity index (χ0v) is 15.7. The number of para-hydroxylation sites is 1. The van der Waals surface area contributed by atoms with Crippen LogP contribution in [0.5, 0.6) is 5.75 Å². The number of carbonyl (C=O) groups excluding carboxylic acids is 1. The highest BCUT2D eigenvalue weighted by atomic mass is 35.5. The van der Waals surface area contributed by atoms with Crippen LogP contribution < -0.4 is 16.1 Å². The van der Waals surface area contributed by atoms with Crippen LogP contribution in [-0.4, -0.2) is 12.6 Å². The van der Waals surface area contributed by atoms with E-state index in [2.05, 4.69) is 0 Å². The highest BCUT2D eigenvalue weighted by Crippen LogP contribution is 2.44. The molecule has 1 atom stereocenters. The largest absolute Gasteiger partial charge is 0.462 e. The molecule has 2 aromatic carbocycles. The topological polar surface area (TPSA) is 91.8 Å². The second-order valence-electron chi connectivity index (χ2n) is 6.22. The van der Waals surface area contributed by atoms with Gasteiger partial charge in [0.2, 0.25) is 5.88 Å². The molecule has 0 radical (unpaired) electrons. The Labute approximate surface area is 165 Å². The molecule has 1 aliphatic heterocycles. The summed E-state index contributed by atoms with van der Waals surface area (Å²) in [7, 11) is 0. The summed E-state index contributed by atoms with van der Waals surface area (Å²) in [5.74, 6) is -1.35. The molecular formula is C21H16ClNO5. The van der Waals surface area contributed by atoms with Gasteiger partial charge in [-0.15, -0.1) is 0 Å². The molecule has 7 heteroatoms. The Balaban J connectivity index is 2.05. The Morgan fingerprint density at radius 2 is 2.00 bits per heavy atom. The van der Waals surface area contributed by atoms with Crippen molar-refractivity contribution in [1.29, 1.82) is 0 Å². The van der Waals surface area contributed by atoms with E-state index >= 15 is 0 Å². The molecule has 1 unspecified atom stereocenters. The van der Waals surface area contributed by atoms with Crippen LogP contribution in [0.3, 0.4) is 0 Å². The van der Waals surface area contributed by atoms with Gasteiger partial charge in [-0.1, -0.05) is 35.9 Å². The van der Waals surface area contributed by atoms with Crippen LogP contribution in [-0.2, 0) is 9.53 Å². The lowest BCUT2D eigenvalue weighted by molar-refractivity contribution is -0.139. The Morgan fingerprint density at radius 1 is 1.21 bits per heavy atom. The van der Waals surface area contributed by atoms with E-state index in [0.29, 0.717) is 21.6 Å². The number of hydrogen-bond acceptors (Lipinski definition) is 6. The molecule has 0 aliphatic carbocycles. The first kappa shape index (κ1) is 18.1. The first-order chi connectivity index (χ1) is 13.5. The lowest BCUT2D eigenvalue weighted by atomic mass is 9.83. The standard InChI is InChI=1S/C21H16ClNO5/c1-2-26-20(24)17-15(11-6-5-7-12(22)10-11)16-18(28-19(17)23)13-8-3-4-9-14(13)27-21(16)25/h3-10,15H,2,23H2,1H3. The quantitative estimate of drug-likeness (QED) is 0.535. The van der Waals surface area contributed by atoms with Crippen molar-refractivity contribution in [3.63, 3.8) is 0 Å². The summed E-state index contributed by atoms with van der Waals surface area (Å²) in [6, 6.07) is 13.8. The highest BCUT2D eigenvalue weighted by Gasteiger charge is 2.39. The minimum absolute atomic E-state index is 0.0409. The average molecular weight is 398 g/mol. The molecule has 142 valence electrons. The molecule has 28 heavy (non-hydrogen) atoms. The molecule has 0 saturated carbocycles. The van der Waals surface area contributed by atoms with E-state index in [1.54, 1.807) is 55.5 Å². The molecule has 3 aromatic rings. The molecule has 0 bridgehead atoms. The fraction of sp³-hybridized carbons (Fsp3) is 0.143. The Bertz CT molecular complexity index is 1180. The number of hydrogen-bond donors (Lipinski definition) is 1. The molecule has 2 N–H and O–H groups in total. The van der Waals surface area contributed by atoms with E-state index in [9.17, 15) is 9.59 Å². The van der Waals surface area contributed by atoms with Gasteiger partial charge in [0.15, 0.2) is 5.75 Å². The zero-order chi connectivity index (χ0) is 19.8. The van der Waals surface area contributed by atoms with Crippen molar-refractivity contribution in [2.24, 2.45) is 5.73 Å². The summed E-state index contributed by atoms with van der Waals surface area (Å²) in [6.45, 7) is 1.83. The molecule has 6 nitrogen and oxygen atoms in total. The van der Waals surface area contributed by atoms with Crippen molar-refractivity contribution in [1.82, 2.24) is 0 Å². The van der Waals surface area contributed by atoms with Crippen LogP contribution >= 0.6 is 11.6 Å². The number of benzene rings is 2. The summed E-state index contributed by atoms with van der Waals surface area (Å²) in [4.78, 5) is 25.5. The summed E-state index contributed by atoms with van der Waals surface area (Å²) < 4.78 is 16.4. The fourth-order valence-electron chi connectivity index (χ4n) is 3.39. The van der Waals surface area contributed by atoms with Gasteiger partial charge in [0.1, 0.15) is 11.2 Å². The minimum Gasteiger partial charge on any atom is -0.462 e. The van der Waals surface area contributed by atoms with Crippen molar-refractivity contribution in [2.45, 2.75) is 12.8 Å². The summed E-state index contributed by atoms with van der Waals surface area (Å²) in [5.41, 5.74) is 6.69. The molecule has 0 spiro atoms. The maximum atomic E-state index is 12.9. The van der Waals surface area contributed by atoms with Crippen molar-refractivity contribution in [3.05, 3.63) is 86.6 Å². The van der Waals surface area contributed by atoms with Gasteiger partial charge in [-0.3, -0.25) is 0 Å². The van der Waals surface area contributed by atoms with Gasteiger partial charge in [0.25, 0.3) is 0 Å². The van der Waals surface area contributed by atoms with E-state index in [-0.39, 0.29) is 29.4 Å². The van der Waals surface area contributed by atoms with Gasteiger partial charge in [0, 0.05) is 5.02 Å². The average Bonchev–Trinajstić information content (AvgIpc) is 2.67. The van der Waals surface area contributed by atoms with Crippen LogP contribution in [0.15, 0.2) is 69.2 Å². The van der Waals surface area contributed by atoms with Gasteiger partial charge in [-0.2, -0.15) is 0 Å². The van der Waals surface area contributed by atoms with E-state index in [1.165, 1.54) is 0 Å². The highest BCUT2D eigenvalue weighted by molar-refractivity contribution is 6.30. The van der Waals surface area contributed by atoms with Gasteiger partial charge < -0.3 is 19.6 Å². The number of halogens is 1. The summed E-state index contributed by atoms with van der Waals surface area (Å²) >= 11 is 6.15. The van der Waals surface area contributed by atoms with E-state index < -0.39 is 17.5 Å². The van der Waals surface area contributed by atoms with E-state index in [1.807, 2.05) is 0 Å². The Kier molecular flexibility index (Phi) is 4.57. The zero-order valence-electron chi connectivity index (χ0n) is 14.9. The van der Waals surface area contributed by atoms with Crippen LogP contribution in [0, 0.1) is 0 Å². The van der Waals surface area contributed by atoms with Crippen molar-refractivity contribution < 1.29 is 18.7 Å². The lowest BCUT2D eigenvalue weighted by Crippen LogP contribution is -2.31. The number of ether oxygens (including phenoxy) is 2. The summed E-state index contributed by atoms with van der Waals surface area (Å²) in [5, 5.41) is 1.03. The van der Waals surface area contributed by atoms with Crippen molar-refractivity contribution in [2.75, 3.05) is 6.61 Å². The first-order valence-corrected chi connectivity index (χ1v) is 9.05. The second kappa shape index (κ2) is 7.05. The van der Waals surface area contributed by atoms with Crippen molar-refractivity contribution >= 4 is 28.5 Å². The predicted octanol–water partition coefficient (Wildman–Crippen LogP) is 3.70. The van der Waals surface area contributed by atoms with Crippen LogP contribution in [0.4, 0.5) is 0 Å². The summed E-state index contributed by atoms with van der Waals surface area (Å²) in [6.07, 6.45) is 0. The molecule has 1 aromatic heterocycles. The molecule has 1 aliphatic rings. The third-order valence-corrected chi connectivity index (χ3v) is 4.77. The van der Waals surface area contributed by atoms with Crippen molar-refractivity contribution in [3.8, 4) is 5.75 Å². The van der Waals surface area contributed by atoms with Gasteiger partial charge in [-0.25, -0.2) is 9.59 Å². The second-order valence-corrected chi connectivity index (χ2v) is 6.65. The van der Waals surface area contributed by atoms with E-state index in [0.717, 1.165) is 0 Å². The normalized spacial score (nSPS) is 15.9. The number of nitrogens with two attached hydrogens (primary N) is 1. The Morgan fingerprint density at radius 3 is 2.75 bits per heavy atom. The van der Waals surface area contributed by atoms with Gasteiger partial charge in [0.05, 0.1) is 23.5 Å². The van der Waals surface area contributed by atoms with Crippen LogP contribution in [0.1, 0.15) is 24.0 Å². The first-order valence-electron chi connectivity index (χ1n) is 8.67. The molecule has 2 heterocycles. The third kappa shape index (κ3) is 2.92.